The Bertz CT molecular complexity index is 847. The maximum absolute atomic E-state index is 12.2. The number of aromatic nitrogens is 2. The van der Waals surface area contributed by atoms with Crippen molar-refractivity contribution >= 4 is 16.9 Å². The molecule has 1 saturated heterocycles. The van der Waals surface area contributed by atoms with Crippen LogP contribution < -0.4 is 16.4 Å². The fourth-order valence-corrected chi connectivity index (χ4v) is 2.85. The number of hydrogen-bond donors (Lipinski definition) is 2. The smallest absolute Gasteiger partial charge is 0.316 e. The minimum atomic E-state index is -0.684. The first-order chi connectivity index (χ1) is 11.1. The van der Waals surface area contributed by atoms with Crippen molar-refractivity contribution < 1.29 is 9.53 Å². The molecule has 1 fully saturated rings. The number of benzene rings is 1. The van der Waals surface area contributed by atoms with Crippen molar-refractivity contribution in [1.82, 2.24) is 14.9 Å². The molecule has 1 aromatic carbocycles. The van der Waals surface area contributed by atoms with Gasteiger partial charge in [0.2, 0.25) is 0 Å². The molecule has 3 rings (SSSR count). The van der Waals surface area contributed by atoms with E-state index in [9.17, 15) is 14.4 Å². The largest absolute Gasteiger partial charge is 0.376 e. The Hall–Kier alpha value is -2.41. The van der Waals surface area contributed by atoms with Crippen LogP contribution in [0.15, 0.2) is 27.8 Å². The van der Waals surface area contributed by atoms with E-state index in [1.165, 1.54) is 4.57 Å². The van der Waals surface area contributed by atoms with Gasteiger partial charge in [-0.2, -0.15) is 0 Å². The van der Waals surface area contributed by atoms with Gasteiger partial charge in [-0.3, -0.25) is 14.4 Å². The molecule has 7 heteroatoms. The number of ether oxygens (including phenoxy) is 1. The third kappa shape index (κ3) is 3.05. The summed E-state index contributed by atoms with van der Waals surface area (Å²) >= 11 is 0. The highest BCUT2D eigenvalue weighted by Gasteiger charge is 2.17. The van der Waals surface area contributed by atoms with Crippen molar-refractivity contribution in [2.45, 2.75) is 32.4 Å². The Labute approximate surface area is 132 Å². The van der Waals surface area contributed by atoms with Gasteiger partial charge >= 0.3 is 11.1 Å². The van der Waals surface area contributed by atoms with Crippen molar-refractivity contribution in [2.75, 3.05) is 13.2 Å². The SMILES string of the molecule is CCn1c(=O)c(=O)[nH]c2cc(C(=O)NCC3CCCO3)ccc21. The lowest BCUT2D eigenvalue weighted by Gasteiger charge is -2.12. The Kier molecular flexibility index (Phi) is 4.29. The summed E-state index contributed by atoms with van der Waals surface area (Å²) in [5.41, 5.74) is 0.244. The molecule has 122 valence electrons. The number of nitrogens with one attached hydrogen (secondary N) is 2. The highest BCUT2D eigenvalue weighted by molar-refractivity contribution is 5.97. The van der Waals surface area contributed by atoms with Gasteiger partial charge in [-0.05, 0) is 38.0 Å². The first-order valence-electron chi connectivity index (χ1n) is 7.77. The predicted octanol–water partition coefficient (Wildman–Crippen LogP) is 0.618. The van der Waals surface area contributed by atoms with Crippen LogP contribution in [0.5, 0.6) is 0 Å². The van der Waals surface area contributed by atoms with Gasteiger partial charge in [-0.1, -0.05) is 0 Å². The van der Waals surface area contributed by atoms with E-state index in [0.717, 1.165) is 19.4 Å². The summed E-state index contributed by atoms with van der Waals surface area (Å²) in [6, 6.07) is 4.92. The zero-order valence-electron chi connectivity index (χ0n) is 12.9. The third-order valence-corrected chi connectivity index (χ3v) is 4.07. The summed E-state index contributed by atoms with van der Waals surface area (Å²) < 4.78 is 6.86. The van der Waals surface area contributed by atoms with Gasteiger partial charge in [-0.15, -0.1) is 0 Å². The average molecular weight is 317 g/mol. The Morgan fingerprint density at radius 1 is 1.43 bits per heavy atom. The number of fused-ring (bicyclic) bond motifs is 1. The lowest BCUT2D eigenvalue weighted by molar-refractivity contribution is 0.0858. The maximum atomic E-state index is 12.2. The molecule has 23 heavy (non-hydrogen) atoms. The highest BCUT2D eigenvalue weighted by atomic mass is 16.5. The monoisotopic (exact) mass is 317 g/mol. The molecule has 1 aliphatic rings. The molecule has 0 saturated carbocycles. The quantitative estimate of drug-likeness (QED) is 0.808. The number of hydrogen-bond acceptors (Lipinski definition) is 4. The molecule has 0 spiro atoms. The summed E-state index contributed by atoms with van der Waals surface area (Å²) in [4.78, 5) is 38.3. The van der Waals surface area contributed by atoms with Crippen LogP contribution in [0, 0.1) is 0 Å². The number of carbonyl (C=O) groups is 1. The van der Waals surface area contributed by atoms with E-state index >= 15 is 0 Å². The van der Waals surface area contributed by atoms with Gasteiger partial charge < -0.3 is 19.6 Å². The standard InChI is InChI=1S/C16H19N3O4/c1-2-19-13-6-5-10(8-12(13)18-15(21)16(19)22)14(20)17-9-11-4-3-7-23-11/h5-6,8,11H,2-4,7,9H2,1H3,(H,17,20)(H,18,21). The van der Waals surface area contributed by atoms with Gasteiger partial charge in [0.1, 0.15) is 0 Å². The second-order valence-corrected chi connectivity index (χ2v) is 5.58. The van der Waals surface area contributed by atoms with Gasteiger partial charge in [0.15, 0.2) is 0 Å². The predicted molar refractivity (Wildman–Crippen MR) is 85.8 cm³/mol. The number of aryl methyl sites for hydroxylation is 1. The number of carbonyl (C=O) groups excluding carboxylic acids is 1. The molecule has 2 heterocycles. The highest BCUT2D eigenvalue weighted by Crippen LogP contribution is 2.13. The first-order valence-corrected chi connectivity index (χ1v) is 7.77. The Morgan fingerprint density at radius 3 is 2.96 bits per heavy atom. The molecule has 1 unspecified atom stereocenters. The van der Waals surface area contributed by atoms with Gasteiger partial charge in [-0.25, -0.2) is 0 Å². The van der Waals surface area contributed by atoms with E-state index in [4.69, 9.17) is 4.74 Å². The van der Waals surface area contributed by atoms with Crippen LogP contribution in [0.3, 0.4) is 0 Å². The van der Waals surface area contributed by atoms with Gasteiger partial charge in [0, 0.05) is 25.3 Å². The second kappa shape index (κ2) is 6.37. The molecule has 0 aliphatic carbocycles. The molecule has 1 aromatic heterocycles. The van der Waals surface area contributed by atoms with Crippen LogP contribution in [-0.4, -0.2) is 34.7 Å². The molecule has 2 N–H and O–H groups in total. The summed E-state index contributed by atoms with van der Waals surface area (Å²) in [6.45, 7) is 3.40. The molecular formula is C16H19N3O4. The van der Waals surface area contributed by atoms with Crippen molar-refractivity contribution in [1.29, 1.82) is 0 Å². The fourth-order valence-electron chi connectivity index (χ4n) is 2.85. The lowest BCUT2D eigenvalue weighted by atomic mass is 10.1. The second-order valence-electron chi connectivity index (χ2n) is 5.58. The molecule has 2 aromatic rings. The van der Waals surface area contributed by atoms with E-state index in [1.807, 2.05) is 0 Å². The summed E-state index contributed by atoms with van der Waals surface area (Å²) in [5.74, 6) is -0.225. The van der Waals surface area contributed by atoms with Crippen LogP contribution in [-0.2, 0) is 11.3 Å². The molecule has 0 bridgehead atoms. The van der Waals surface area contributed by atoms with E-state index in [2.05, 4.69) is 10.3 Å². The summed E-state index contributed by atoms with van der Waals surface area (Å²) in [5, 5.41) is 2.84. The average Bonchev–Trinajstić information content (AvgIpc) is 3.07. The minimum absolute atomic E-state index is 0.0736. The summed E-state index contributed by atoms with van der Waals surface area (Å²) in [6.07, 6.45) is 2.05. The van der Waals surface area contributed by atoms with Crippen LogP contribution in [0.25, 0.3) is 11.0 Å². The normalized spacial score (nSPS) is 17.5. The molecule has 1 aliphatic heterocycles. The Morgan fingerprint density at radius 2 is 2.26 bits per heavy atom. The number of H-pyrrole nitrogens is 1. The Balaban J connectivity index is 1.87. The van der Waals surface area contributed by atoms with Crippen molar-refractivity contribution in [3.63, 3.8) is 0 Å². The summed E-state index contributed by atoms with van der Waals surface area (Å²) in [7, 11) is 0. The van der Waals surface area contributed by atoms with Crippen LogP contribution >= 0.6 is 0 Å². The van der Waals surface area contributed by atoms with Crippen molar-refractivity contribution in [3.8, 4) is 0 Å². The number of amides is 1. The van der Waals surface area contributed by atoms with Crippen LogP contribution in [0.1, 0.15) is 30.1 Å². The lowest BCUT2D eigenvalue weighted by Crippen LogP contribution is -2.36. The van der Waals surface area contributed by atoms with Crippen LogP contribution in [0.2, 0.25) is 0 Å². The van der Waals surface area contributed by atoms with Crippen LogP contribution in [0.4, 0.5) is 0 Å². The van der Waals surface area contributed by atoms with E-state index in [-0.39, 0.29) is 12.0 Å². The zero-order valence-corrected chi connectivity index (χ0v) is 12.9. The van der Waals surface area contributed by atoms with E-state index in [0.29, 0.717) is 29.7 Å². The number of nitrogens with zero attached hydrogens (tertiary/aromatic N) is 1. The van der Waals surface area contributed by atoms with Gasteiger partial charge in [0.25, 0.3) is 5.91 Å². The van der Waals surface area contributed by atoms with Gasteiger partial charge in [0.05, 0.1) is 17.1 Å². The molecule has 1 atom stereocenters. The fraction of sp³-hybridized carbons (Fsp3) is 0.438. The molecule has 0 radical (unpaired) electrons. The van der Waals surface area contributed by atoms with E-state index < -0.39 is 11.1 Å². The number of rotatable bonds is 4. The topological polar surface area (TPSA) is 93.2 Å². The van der Waals surface area contributed by atoms with Crippen molar-refractivity contribution in [3.05, 3.63) is 44.5 Å². The van der Waals surface area contributed by atoms with E-state index in [1.54, 1.807) is 25.1 Å². The zero-order chi connectivity index (χ0) is 16.4. The minimum Gasteiger partial charge on any atom is -0.376 e. The molecule has 7 nitrogen and oxygen atoms in total. The first kappa shape index (κ1) is 15.5. The molecular weight excluding hydrogens is 298 g/mol. The van der Waals surface area contributed by atoms with Crippen molar-refractivity contribution in [2.24, 2.45) is 0 Å². The molecule has 1 amide bonds. The third-order valence-electron chi connectivity index (χ3n) is 4.07. The number of aromatic amines is 1. The maximum Gasteiger partial charge on any atom is 0.316 e.